The molecule has 0 unspecified atom stereocenters. The van der Waals surface area contributed by atoms with Gasteiger partial charge in [-0.3, -0.25) is 4.79 Å². The summed E-state index contributed by atoms with van der Waals surface area (Å²) in [6, 6.07) is 0.197. The van der Waals surface area contributed by atoms with Crippen molar-refractivity contribution >= 4 is 5.91 Å². The molecule has 0 radical (unpaired) electrons. The van der Waals surface area contributed by atoms with Gasteiger partial charge in [0.25, 0.3) is 0 Å². The van der Waals surface area contributed by atoms with E-state index in [0.717, 1.165) is 13.0 Å². The first-order valence-corrected chi connectivity index (χ1v) is 5.54. The molecule has 2 rings (SSSR count). The highest BCUT2D eigenvalue weighted by molar-refractivity contribution is 5.76. The van der Waals surface area contributed by atoms with Crippen LogP contribution in [-0.2, 0) is 11.4 Å². The summed E-state index contributed by atoms with van der Waals surface area (Å²) in [5, 5.41) is 16.7. The van der Waals surface area contributed by atoms with Gasteiger partial charge in [0, 0.05) is 19.5 Å². The molecular weight excluding hydrogens is 208 g/mol. The highest BCUT2D eigenvalue weighted by Crippen LogP contribution is 2.21. The molecule has 1 aliphatic rings. The lowest BCUT2D eigenvalue weighted by Gasteiger charge is -2.15. The lowest BCUT2D eigenvalue weighted by atomic mass is 10.3. The number of likely N-dealkylation sites (tertiary alicyclic amines) is 1. The van der Waals surface area contributed by atoms with E-state index in [1.165, 1.54) is 0 Å². The molecule has 1 aromatic heterocycles. The van der Waals surface area contributed by atoms with E-state index in [1.54, 1.807) is 10.9 Å². The fourth-order valence-electron chi connectivity index (χ4n) is 1.97. The van der Waals surface area contributed by atoms with E-state index in [1.807, 2.05) is 11.8 Å². The molecule has 1 saturated heterocycles. The van der Waals surface area contributed by atoms with Gasteiger partial charge < -0.3 is 10.0 Å². The summed E-state index contributed by atoms with van der Waals surface area (Å²) in [7, 11) is 0. The summed E-state index contributed by atoms with van der Waals surface area (Å²) in [6.07, 6.45) is 3.19. The van der Waals surface area contributed by atoms with E-state index < -0.39 is 0 Å². The minimum Gasteiger partial charge on any atom is -0.390 e. The maximum Gasteiger partial charge on any atom is 0.222 e. The molecule has 1 N–H and O–H groups in total. The third kappa shape index (κ3) is 2.06. The largest absolute Gasteiger partial charge is 0.390 e. The van der Waals surface area contributed by atoms with E-state index in [4.69, 9.17) is 5.11 Å². The quantitative estimate of drug-likeness (QED) is 0.781. The molecule has 0 spiro atoms. The van der Waals surface area contributed by atoms with Gasteiger partial charge in [0.15, 0.2) is 0 Å². The molecule has 6 nitrogen and oxygen atoms in total. The van der Waals surface area contributed by atoms with Crippen molar-refractivity contribution in [2.75, 3.05) is 13.1 Å². The molecule has 1 amide bonds. The molecule has 0 bridgehead atoms. The van der Waals surface area contributed by atoms with Gasteiger partial charge in [-0.15, -0.1) is 5.10 Å². The van der Waals surface area contributed by atoms with Gasteiger partial charge in [0.05, 0.1) is 18.8 Å². The van der Waals surface area contributed by atoms with Crippen LogP contribution in [0.15, 0.2) is 6.20 Å². The Morgan fingerprint density at radius 2 is 2.50 bits per heavy atom. The van der Waals surface area contributed by atoms with E-state index in [9.17, 15) is 4.79 Å². The Labute approximate surface area is 93.9 Å². The topological polar surface area (TPSA) is 71.2 Å². The Morgan fingerprint density at radius 1 is 1.69 bits per heavy atom. The van der Waals surface area contributed by atoms with E-state index in [0.29, 0.717) is 18.7 Å². The molecule has 1 aromatic rings. The van der Waals surface area contributed by atoms with Crippen molar-refractivity contribution in [3.8, 4) is 0 Å². The second kappa shape index (κ2) is 4.61. The zero-order valence-corrected chi connectivity index (χ0v) is 9.33. The van der Waals surface area contributed by atoms with Crippen molar-refractivity contribution < 1.29 is 9.90 Å². The number of nitrogens with zero attached hydrogens (tertiary/aromatic N) is 4. The summed E-state index contributed by atoms with van der Waals surface area (Å²) in [5.74, 6) is 0.185. The number of aliphatic hydroxyl groups is 1. The van der Waals surface area contributed by atoms with Crippen LogP contribution in [0.1, 0.15) is 31.5 Å². The van der Waals surface area contributed by atoms with Crippen molar-refractivity contribution in [3.63, 3.8) is 0 Å². The third-order valence-corrected chi connectivity index (χ3v) is 2.91. The normalized spacial score (nSPS) is 20.4. The number of amides is 1. The summed E-state index contributed by atoms with van der Waals surface area (Å²) in [6.45, 7) is 3.26. The van der Waals surface area contributed by atoms with Crippen LogP contribution in [0.5, 0.6) is 0 Å². The van der Waals surface area contributed by atoms with Crippen LogP contribution in [0.2, 0.25) is 0 Å². The molecule has 16 heavy (non-hydrogen) atoms. The Bertz CT molecular complexity index is 377. The zero-order valence-electron chi connectivity index (χ0n) is 9.33. The first-order valence-electron chi connectivity index (χ1n) is 5.54. The second-order valence-electron chi connectivity index (χ2n) is 3.98. The summed E-state index contributed by atoms with van der Waals surface area (Å²) in [4.78, 5) is 13.3. The monoisotopic (exact) mass is 224 g/mol. The van der Waals surface area contributed by atoms with Crippen LogP contribution >= 0.6 is 0 Å². The van der Waals surface area contributed by atoms with Crippen LogP contribution in [0, 0.1) is 0 Å². The number of carbonyl (C=O) groups is 1. The third-order valence-electron chi connectivity index (χ3n) is 2.91. The van der Waals surface area contributed by atoms with Crippen molar-refractivity contribution in [1.82, 2.24) is 19.9 Å². The molecule has 1 aliphatic heterocycles. The molecule has 1 fully saturated rings. The molecule has 88 valence electrons. The van der Waals surface area contributed by atoms with Gasteiger partial charge in [-0.2, -0.15) is 0 Å². The molecule has 0 aliphatic carbocycles. The Kier molecular flexibility index (Phi) is 3.19. The Morgan fingerprint density at radius 3 is 3.12 bits per heavy atom. The second-order valence-corrected chi connectivity index (χ2v) is 3.98. The molecule has 0 saturated carbocycles. The van der Waals surface area contributed by atoms with Gasteiger partial charge in [-0.1, -0.05) is 12.1 Å². The number of hydrogen-bond donors (Lipinski definition) is 1. The summed E-state index contributed by atoms with van der Waals surface area (Å²) in [5.41, 5.74) is 0.570. The van der Waals surface area contributed by atoms with E-state index >= 15 is 0 Å². The maximum atomic E-state index is 11.5. The fraction of sp³-hybridized carbons (Fsp3) is 0.700. The summed E-state index contributed by atoms with van der Waals surface area (Å²) < 4.78 is 1.74. The number of hydrogen-bond acceptors (Lipinski definition) is 4. The highest BCUT2D eigenvalue weighted by Gasteiger charge is 2.27. The average molecular weight is 224 g/mol. The van der Waals surface area contributed by atoms with Gasteiger partial charge in [0.1, 0.15) is 5.69 Å². The van der Waals surface area contributed by atoms with Gasteiger partial charge in [0.2, 0.25) is 5.91 Å². The van der Waals surface area contributed by atoms with Crippen molar-refractivity contribution in [2.45, 2.75) is 32.4 Å². The Hall–Kier alpha value is -1.43. The minimum atomic E-state index is -0.0929. The Balaban J connectivity index is 2.00. The fourth-order valence-corrected chi connectivity index (χ4v) is 1.97. The predicted octanol–water partition coefficient (Wildman–Crippen LogP) is -0.0462. The summed E-state index contributed by atoms with van der Waals surface area (Å²) >= 11 is 0. The lowest BCUT2D eigenvalue weighted by molar-refractivity contribution is -0.129. The lowest BCUT2D eigenvalue weighted by Crippen LogP contribution is -2.28. The SMILES string of the molecule is CCC(=O)N1CC[C@H](n2cc(CO)nn2)C1. The molecular formula is C10H16N4O2. The first kappa shape index (κ1) is 11.1. The van der Waals surface area contributed by atoms with Gasteiger partial charge >= 0.3 is 0 Å². The number of aromatic nitrogens is 3. The number of carbonyl (C=O) groups excluding carboxylic acids is 1. The van der Waals surface area contributed by atoms with Gasteiger partial charge in [-0.05, 0) is 6.42 Å². The van der Waals surface area contributed by atoms with E-state index in [-0.39, 0.29) is 18.6 Å². The standard InChI is InChI=1S/C10H16N4O2/c1-2-10(16)13-4-3-9(6-13)14-5-8(7-15)11-12-14/h5,9,15H,2-4,6-7H2,1H3/t9-/m0/s1. The van der Waals surface area contributed by atoms with Crippen molar-refractivity contribution in [3.05, 3.63) is 11.9 Å². The van der Waals surface area contributed by atoms with E-state index in [2.05, 4.69) is 10.3 Å². The number of rotatable bonds is 3. The predicted molar refractivity (Wildman–Crippen MR) is 56.5 cm³/mol. The molecule has 6 heteroatoms. The van der Waals surface area contributed by atoms with Crippen LogP contribution < -0.4 is 0 Å². The zero-order chi connectivity index (χ0) is 11.5. The minimum absolute atomic E-state index is 0.0929. The average Bonchev–Trinajstić information content (AvgIpc) is 2.95. The highest BCUT2D eigenvalue weighted by atomic mass is 16.3. The van der Waals surface area contributed by atoms with Crippen molar-refractivity contribution in [1.29, 1.82) is 0 Å². The van der Waals surface area contributed by atoms with Crippen LogP contribution in [0.4, 0.5) is 0 Å². The molecule has 1 atom stereocenters. The van der Waals surface area contributed by atoms with Crippen molar-refractivity contribution in [2.24, 2.45) is 0 Å². The smallest absolute Gasteiger partial charge is 0.222 e. The van der Waals surface area contributed by atoms with Crippen LogP contribution in [0.25, 0.3) is 0 Å². The molecule has 2 heterocycles. The van der Waals surface area contributed by atoms with Crippen LogP contribution in [-0.4, -0.2) is 44.0 Å². The molecule has 0 aromatic carbocycles. The van der Waals surface area contributed by atoms with Gasteiger partial charge in [-0.25, -0.2) is 4.68 Å². The van der Waals surface area contributed by atoms with Crippen LogP contribution in [0.3, 0.4) is 0 Å². The maximum absolute atomic E-state index is 11.5. The number of aliphatic hydroxyl groups excluding tert-OH is 1. The first-order chi connectivity index (χ1) is 7.74.